The van der Waals surface area contributed by atoms with Gasteiger partial charge in [0.2, 0.25) is 0 Å². The molecule has 22 heavy (non-hydrogen) atoms. The van der Waals surface area contributed by atoms with Crippen LogP contribution in [-0.2, 0) is 9.53 Å². The van der Waals surface area contributed by atoms with E-state index in [-0.39, 0.29) is 11.6 Å². The topological polar surface area (TPSA) is 26.3 Å². The SMILES string of the molecule is CC1(OC(=O)/C=C/c2ccccc2)C2CC3CC(C2)CC1C3. The van der Waals surface area contributed by atoms with Crippen LogP contribution in [0, 0.1) is 23.7 Å². The van der Waals surface area contributed by atoms with Crippen LogP contribution in [0.15, 0.2) is 36.4 Å². The third-order valence-corrected chi connectivity index (χ3v) is 6.29. The van der Waals surface area contributed by atoms with Gasteiger partial charge in [0.05, 0.1) is 0 Å². The molecule has 0 aromatic heterocycles. The summed E-state index contributed by atoms with van der Waals surface area (Å²) in [5.41, 5.74) is 0.806. The molecule has 5 rings (SSSR count). The lowest BCUT2D eigenvalue weighted by atomic mass is 9.50. The molecule has 4 bridgehead atoms. The van der Waals surface area contributed by atoms with E-state index in [1.807, 2.05) is 36.4 Å². The van der Waals surface area contributed by atoms with Gasteiger partial charge < -0.3 is 4.74 Å². The van der Waals surface area contributed by atoms with E-state index in [1.165, 1.54) is 32.1 Å². The maximum absolute atomic E-state index is 12.3. The van der Waals surface area contributed by atoms with Gasteiger partial charge in [0, 0.05) is 6.08 Å². The predicted octanol–water partition coefficient (Wildman–Crippen LogP) is 4.46. The van der Waals surface area contributed by atoms with E-state index in [1.54, 1.807) is 6.08 Å². The van der Waals surface area contributed by atoms with Crippen molar-refractivity contribution in [3.8, 4) is 0 Å². The van der Waals surface area contributed by atoms with Crippen LogP contribution >= 0.6 is 0 Å². The first-order valence-corrected chi connectivity index (χ1v) is 8.59. The van der Waals surface area contributed by atoms with Crippen molar-refractivity contribution in [2.75, 3.05) is 0 Å². The van der Waals surface area contributed by atoms with Crippen LogP contribution < -0.4 is 0 Å². The fourth-order valence-corrected chi connectivity index (χ4v) is 5.27. The number of carbonyl (C=O) groups is 1. The van der Waals surface area contributed by atoms with Crippen molar-refractivity contribution in [2.24, 2.45) is 23.7 Å². The molecule has 4 aliphatic carbocycles. The zero-order valence-electron chi connectivity index (χ0n) is 13.2. The van der Waals surface area contributed by atoms with E-state index in [9.17, 15) is 4.79 Å². The molecule has 0 N–H and O–H groups in total. The molecule has 0 unspecified atom stereocenters. The molecule has 0 radical (unpaired) electrons. The number of rotatable bonds is 3. The van der Waals surface area contributed by atoms with E-state index in [2.05, 4.69) is 6.92 Å². The van der Waals surface area contributed by atoms with Crippen molar-refractivity contribution in [2.45, 2.75) is 44.6 Å². The molecular formula is C20H24O2. The molecule has 4 saturated carbocycles. The lowest BCUT2D eigenvalue weighted by Gasteiger charge is -2.58. The van der Waals surface area contributed by atoms with E-state index >= 15 is 0 Å². The number of ether oxygens (including phenoxy) is 1. The quantitative estimate of drug-likeness (QED) is 0.608. The second kappa shape index (κ2) is 5.26. The molecule has 0 saturated heterocycles. The molecule has 0 aliphatic heterocycles. The fourth-order valence-electron chi connectivity index (χ4n) is 5.27. The molecule has 2 heteroatoms. The van der Waals surface area contributed by atoms with Crippen molar-refractivity contribution in [3.05, 3.63) is 42.0 Å². The van der Waals surface area contributed by atoms with Crippen LogP contribution in [0.5, 0.6) is 0 Å². The Labute approximate surface area is 132 Å². The number of benzene rings is 1. The van der Waals surface area contributed by atoms with E-state index in [0.717, 1.165) is 17.4 Å². The molecule has 2 nitrogen and oxygen atoms in total. The largest absolute Gasteiger partial charge is 0.456 e. The van der Waals surface area contributed by atoms with Gasteiger partial charge >= 0.3 is 5.97 Å². The lowest BCUT2D eigenvalue weighted by Crippen LogP contribution is -2.57. The number of carbonyl (C=O) groups excluding carboxylic acids is 1. The maximum Gasteiger partial charge on any atom is 0.331 e. The minimum atomic E-state index is -0.231. The lowest BCUT2D eigenvalue weighted by molar-refractivity contribution is -0.198. The van der Waals surface area contributed by atoms with Gasteiger partial charge in [0.1, 0.15) is 5.60 Å². The van der Waals surface area contributed by atoms with Crippen LogP contribution in [0.2, 0.25) is 0 Å². The van der Waals surface area contributed by atoms with Crippen LogP contribution in [0.3, 0.4) is 0 Å². The normalized spacial score (nSPS) is 39.3. The Bertz CT molecular complexity index is 559. The number of hydrogen-bond acceptors (Lipinski definition) is 2. The summed E-state index contributed by atoms with van der Waals surface area (Å²) in [4.78, 5) is 12.3. The number of esters is 1. The van der Waals surface area contributed by atoms with E-state index in [0.29, 0.717) is 11.8 Å². The molecule has 4 aliphatic rings. The minimum absolute atomic E-state index is 0.182. The first kappa shape index (κ1) is 14.0. The standard InChI is InChI=1S/C20H24O2/c1-20(17-10-15-9-16(12-17)13-18(20)11-15)22-19(21)8-7-14-5-3-2-4-6-14/h2-8,15-18H,9-13H2,1H3/b8-7+. The van der Waals surface area contributed by atoms with E-state index in [4.69, 9.17) is 4.74 Å². The first-order chi connectivity index (χ1) is 10.6. The Morgan fingerprint density at radius 2 is 1.64 bits per heavy atom. The fraction of sp³-hybridized carbons (Fsp3) is 0.550. The van der Waals surface area contributed by atoms with Gasteiger partial charge in [0.15, 0.2) is 0 Å². The Balaban J connectivity index is 1.46. The van der Waals surface area contributed by atoms with Gasteiger partial charge in [-0.15, -0.1) is 0 Å². The summed E-state index contributed by atoms with van der Waals surface area (Å²) in [6.45, 7) is 2.19. The van der Waals surface area contributed by atoms with Crippen LogP contribution in [0.1, 0.15) is 44.6 Å². The van der Waals surface area contributed by atoms with Crippen LogP contribution in [0.4, 0.5) is 0 Å². The molecule has 0 spiro atoms. The van der Waals surface area contributed by atoms with Crippen molar-refractivity contribution < 1.29 is 9.53 Å². The Kier molecular flexibility index (Phi) is 3.36. The first-order valence-electron chi connectivity index (χ1n) is 8.59. The van der Waals surface area contributed by atoms with Crippen LogP contribution in [0.25, 0.3) is 6.08 Å². The van der Waals surface area contributed by atoms with Gasteiger partial charge in [-0.05, 0) is 74.3 Å². The Morgan fingerprint density at radius 1 is 1.05 bits per heavy atom. The smallest absolute Gasteiger partial charge is 0.331 e. The molecule has 0 amide bonds. The highest BCUT2D eigenvalue weighted by Gasteiger charge is 2.56. The van der Waals surface area contributed by atoms with Crippen LogP contribution in [-0.4, -0.2) is 11.6 Å². The summed E-state index contributed by atoms with van der Waals surface area (Å²) in [6, 6.07) is 9.92. The van der Waals surface area contributed by atoms with Crippen molar-refractivity contribution in [1.82, 2.24) is 0 Å². The Hall–Kier alpha value is -1.57. The molecule has 4 fully saturated rings. The average molecular weight is 296 g/mol. The van der Waals surface area contributed by atoms with Crippen molar-refractivity contribution in [1.29, 1.82) is 0 Å². The predicted molar refractivity (Wildman–Crippen MR) is 87.0 cm³/mol. The Morgan fingerprint density at radius 3 is 2.23 bits per heavy atom. The summed E-state index contributed by atoms with van der Waals surface area (Å²) in [5, 5.41) is 0. The molecule has 1 aromatic carbocycles. The van der Waals surface area contributed by atoms with Gasteiger partial charge in [-0.2, -0.15) is 0 Å². The van der Waals surface area contributed by atoms with Crippen molar-refractivity contribution in [3.63, 3.8) is 0 Å². The van der Waals surface area contributed by atoms with Gasteiger partial charge in [-0.3, -0.25) is 0 Å². The molecule has 116 valence electrons. The molecule has 0 atom stereocenters. The van der Waals surface area contributed by atoms with Gasteiger partial charge in [0.25, 0.3) is 0 Å². The highest BCUT2D eigenvalue weighted by atomic mass is 16.6. The van der Waals surface area contributed by atoms with E-state index < -0.39 is 0 Å². The monoisotopic (exact) mass is 296 g/mol. The second-order valence-corrected chi connectivity index (χ2v) is 7.65. The second-order valence-electron chi connectivity index (χ2n) is 7.65. The molecule has 0 heterocycles. The summed E-state index contributed by atoms with van der Waals surface area (Å²) >= 11 is 0. The minimum Gasteiger partial charge on any atom is -0.456 e. The summed E-state index contributed by atoms with van der Waals surface area (Å²) in [7, 11) is 0. The van der Waals surface area contributed by atoms with Crippen molar-refractivity contribution >= 4 is 12.0 Å². The average Bonchev–Trinajstić information content (AvgIpc) is 2.51. The third kappa shape index (κ3) is 2.39. The van der Waals surface area contributed by atoms with Gasteiger partial charge in [-0.1, -0.05) is 30.3 Å². The van der Waals surface area contributed by atoms with Gasteiger partial charge in [-0.25, -0.2) is 4.79 Å². The summed E-state index contributed by atoms with van der Waals surface area (Å²) < 4.78 is 6.01. The zero-order valence-corrected chi connectivity index (χ0v) is 13.2. The summed E-state index contributed by atoms with van der Waals surface area (Å²) in [6.07, 6.45) is 9.91. The summed E-state index contributed by atoms with van der Waals surface area (Å²) in [5.74, 6) is 2.78. The molecular weight excluding hydrogens is 272 g/mol. The highest BCUT2D eigenvalue weighted by molar-refractivity contribution is 5.87. The molecule has 1 aromatic rings. The third-order valence-electron chi connectivity index (χ3n) is 6.29. The highest BCUT2D eigenvalue weighted by Crippen LogP contribution is 2.59. The zero-order chi connectivity index (χ0) is 15.2. The number of hydrogen-bond donors (Lipinski definition) is 0. The maximum atomic E-state index is 12.3.